The maximum Gasteiger partial charge on any atom is 0.126 e. The normalized spacial score (nSPS) is 20.8. The van der Waals surface area contributed by atoms with Crippen LogP contribution >= 0.6 is 15.9 Å². The average molecular weight is 348 g/mol. The van der Waals surface area contributed by atoms with Crippen LogP contribution in [0.2, 0.25) is 0 Å². The van der Waals surface area contributed by atoms with Gasteiger partial charge in [-0.25, -0.2) is 0 Å². The van der Waals surface area contributed by atoms with E-state index in [-0.39, 0.29) is 12.1 Å². The molecule has 0 aromatic heterocycles. The van der Waals surface area contributed by atoms with Gasteiger partial charge in [0.2, 0.25) is 0 Å². The summed E-state index contributed by atoms with van der Waals surface area (Å²) in [5.74, 6) is 1.19. The number of nitrogens with two attached hydrogens (primary N) is 1. The Balaban J connectivity index is 1.98. The van der Waals surface area contributed by atoms with Crippen LogP contribution in [0.25, 0.3) is 0 Å². The minimum atomic E-state index is -0.0772. The Hall–Kier alpha value is -1.52. The standard InChI is InChI=1S/C17H18BrNO2/c1-9-5-11(6-10(2)17(9)20)16-8-14(19)13-7-12(18)3-4-15(13)21-16/h3-7,14,16,20H,8,19H2,1-2H3/t14-,16?/m0/s1. The highest BCUT2D eigenvalue weighted by molar-refractivity contribution is 9.10. The highest BCUT2D eigenvalue weighted by atomic mass is 79.9. The first kappa shape index (κ1) is 14.4. The van der Waals surface area contributed by atoms with Crippen molar-refractivity contribution in [2.45, 2.75) is 32.4 Å². The number of ether oxygens (including phenoxy) is 1. The van der Waals surface area contributed by atoms with E-state index in [4.69, 9.17) is 10.5 Å². The molecule has 0 amide bonds. The smallest absolute Gasteiger partial charge is 0.126 e. The molecule has 1 aliphatic rings. The van der Waals surface area contributed by atoms with Gasteiger partial charge in [-0.05, 0) is 60.9 Å². The molecule has 0 radical (unpaired) electrons. The fourth-order valence-corrected chi connectivity index (χ4v) is 3.23. The summed E-state index contributed by atoms with van der Waals surface area (Å²) in [5, 5.41) is 9.90. The van der Waals surface area contributed by atoms with E-state index in [0.717, 1.165) is 38.9 Å². The summed E-state index contributed by atoms with van der Waals surface area (Å²) in [7, 11) is 0. The fourth-order valence-electron chi connectivity index (χ4n) is 2.85. The lowest BCUT2D eigenvalue weighted by Gasteiger charge is -2.31. The van der Waals surface area contributed by atoms with Crippen LogP contribution in [0.15, 0.2) is 34.8 Å². The van der Waals surface area contributed by atoms with Crippen molar-refractivity contribution in [1.82, 2.24) is 0 Å². The van der Waals surface area contributed by atoms with Gasteiger partial charge < -0.3 is 15.6 Å². The topological polar surface area (TPSA) is 55.5 Å². The van der Waals surface area contributed by atoms with Crippen LogP contribution in [0.5, 0.6) is 11.5 Å². The lowest BCUT2D eigenvalue weighted by atomic mass is 9.92. The molecule has 2 aromatic rings. The van der Waals surface area contributed by atoms with Crippen molar-refractivity contribution in [1.29, 1.82) is 0 Å². The number of aryl methyl sites for hydroxylation is 2. The number of hydrogen-bond donors (Lipinski definition) is 2. The SMILES string of the molecule is Cc1cc(C2C[C@H](N)c3cc(Br)ccc3O2)cc(C)c1O. The summed E-state index contributed by atoms with van der Waals surface area (Å²) in [6.07, 6.45) is 0.652. The summed E-state index contributed by atoms with van der Waals surface area (Å²) in [5.41, 5.74) is 10.1. The molecule has 21 heavy (non-hydrogen) atoms. The van der Waals surface area contributed by atoms with Crippen molar-refractivity contribution < 1.29 is 9.84 Å². The highest BCUT2D eigenvalue weighted by Gasteiger charge is 2.27. The van der Waals surface area contributed by atoms with Gasteiger partial charge in [-0.1, -0.05) is 15.9 Å². The quantitative estimate of drug-likeness (QED) is 0.808. The van der Waals surface area contributed by atoms with Crippen molar-refractivity contribution in [3.8, 4) is 11.5 Å². The largest absolute Gasteiger partial charge is 0.507 e. The van der Waals surface area contributed by atoms with E-state index in [1.807, 2.05) is 44.2 Å². The molecule has 3 rings (SSSR count). The van der Waals surface area contributed by atoms with Crippen molar-refractivity contribution in [2.75, 3.05) is 0 Å². The minimum Gasteiger partial charge on any atom is -0.507 e. The summed E-state index contributed by atoms with van der Waals surface area (Å²) >= 11 is 3.47. The first-order valence-corrected chi connectivity index (χ1v) is 7.77. The lowest BCUT2D eigenvalue weighted by molar-refractivity contribution is 0.161. The molecule has 1 unspecified atom stereocenters. The van der Waals surface area contributed by atoms with Crippen LogP contribution in [-0.2, 0) is 0 Å². The highest BCUT2D eigenvalue weighted by Crippen LogP contribution is 2.41. The van der Waals surface area contributed by atoms with Crippen LogP contribution < -0.4 is 10.5 Å². The van der Waals surface area contributed by atoms with Crippen LogP contribution in [0.1, 0.15) is 40.8 Å². The molecule has 3 nitrogen and oxygen atoms in total. The molecule has 2 atom stereocenters. The number of aromatic hydroxyl groups is 1. The number of rotatable bonds is 1. The first-order chi connectivity index (χ1) is 9.95. The second-order valence-corrected chi connectivity index (χ2v) is 6.55. The molecule has 110 valence electrons. The Kier molecular flexibility index (Phi) is 3.68. The summed E-state index contributed by atoms with van der Waals surface area (Å²) in [6.45, 7) is 3.80. The van der Waals surface area contributed by atoms with Crippen LogP contribution in [0.3, 0.4) is 0 Å². The van der Waals surface area contributed by atoms with Crippen LogP contribution in [-0.4, -0.2) is 5.11 Å². The molecule has 3 N–H and O–H groups in total. The molecule has 1 heterocycles. The monoisotopic (exact) mass is 347 g/mol. The predicted molar refractivity (Wildman–Crippen MR) is 86.6 cm³/mol. The number of fused-ring (bicyclic) bond motifs is 1. The summed E-state index contributed by atoms with van der Waals surface area (Å²) in [4.78, 5) is 0. The maximum absolute atomic E-state index is 9.90. The Labute approximate surface area is 132 Å². The van der Waals surface area contributed by atoms with Gasteiger partial charge in [0.05, 0.1) is 0 Å². The molecule has 2 aromatic carbocycles. The van der Waals surface area contributed by atoms with E-state index in [0.29, 0.717) is 5.75 Å². The van der Waals surface area contributed by atoms with Gasteiger partial charge in [0, 0.05) is 22.5 Å². The van der Waals surface area contributed by atoms with Gasteiger partial charge in [0.25, 0.3) is 0 Å². The molecule has 0 bridgehead atoms. The summed E-state index contributed by atoms with van der Waals surface area (Å²) in [6, 6.07) is 9.83. The van der Waals surface area contributed by atoms with Crippen molar-refractivity contribution in [3.05, 3.63) is 57.1 Å². The zero-order chi connectivity index (χ0) is 15.1. The van der Waals surface area contributed by atoms with E-state index < -0.39 is 0 Å². The number of halogens is 1. The third-order valence-corrected chi connectivity index (χ3v) is 4.49. The predicted octanol–water partition coefficient (Wildman–Crippen LogP) is 4.30. The molecular weight excluding hydrogens is 330 g/mol. The second-order valence-electron chi connectivity index (χ2n) is 5.63. The Morgan fingerprint density at radius 2 is 1.86 bits per heavy atom. The molecule has 0 saturated carbocycles. The molecular formula is C17H18BrNO2. The first-order valence-electron chi connectivity index (χ1n) is 6.97. The van der Waals surface area contributed by atoms with Gasteiger partial charge in [-0.2, -0.15) is 0 Å². The Bertz CT molecular complexity index is 676. The number of phenolic OH excluding ortho intramolecular Hbond substituents is 1. The van der Waals surface area contributed by atoms with Crippen molar-refractivity contribution in [2.24, 2.45) is 5.73 Å². The fraction of sp³-hybridized carbons (Fsp3) is 0.294. The zero-order valence-corrected chi connectivity index (χ0v) is 13.6. The average Bonchev–Trinajstić information content (AvgIpc) is 2.44. The van der Waals surface area contributed by atoms with E-state index in [2.05, 4.69) is 15.9 Å². The number of benzene rings is 2. The minimum absolute atomic E-state index is 0.0503. The van der Waals surface area contributed by atoms with Gasteiger partial charge in [0.1, 0.15) is 17.6 Å². The summed E-state index contributed by atoms with van der Waals surface area (Å²) < 4.78 is 7.12. The number of hydrogen-bond acceptors (Lipinski definition) is 3. The van der Waals surface area contributed by atoms with Gasteiger partial charge in [0.15, 0.2) is 0 Å². The molecule has 0 fully saturated rings. The van der Waals surface area contributed by atoms with Crippen molar-refractivity contribution >= 4 is 15.9 Å². The van der Waals surface area contributed by atoms with E-state index >= 15 is 0 Å². The number of phenols is 1. The third kappa shape index (κ3) is 2.65. The van der Waals surface area contributed by atoms with Crippen LogP contribution in [0, 0.1) is 13.8 Å². The molecule has 0 aliphatic carbocycles. The molecule has 4 heteroatoms. The Morgan fingerprint density at radius 1 is 1.19 bits per heavy atom. The van der Waals surface area contributed by atoms with E-state index in [1.165, 1.54) is 0 Å². The molecule has 0 spiro atoms. The lowest BCUT2D eigenvalue weighted by Crippen LogP contribution is -2.24. The van der Waals surface area contributed by atoms with Crippen molar-refractivity contribution in [3.63, 3.8) is 0 Å². The van der Waals surface area contributed by atoms with E-state index in [9.17, 15) is 5.11 Å². The van der Waals surface area contributed by atoms with Crippen LogP contribution in [0.4, 0.5) is 0 Å². The van der Waals surface area contributed by atoms with Gasteiger partial charge in [-0.15, -0.1) is 0 Å². The molecule has 0 saturated heterocycles. The van der Waals surface area contributed by atoms with E-state index in [1.54, 1.807) is 0 Å². The molecule has 1 aliphatic heterocycles. The third-order valence-electron chi connectivity index (χ3n) is 3.99. The van der Waals surface area contributed by atoms with Gasteiger partial charge >= 0.3 is 0 Å². The zero-order valence-electron chi connectivity index (χ0n) is 12.1. The Morgan fingerprint density at radius 3 is 2.52 bits per heavy atom. The second kappa shape index (κ2) is 5.35. The maximum atomic E-state index is 9.90. The van der Waals surface area contributed by atoms with Gasteiger partial charge in [-0.3, -0.25) is 0 Å².